The van der Waals surface area contributed by atoms with Crippen molar-refractivity contribution in [3.05, 3.63) is 34.6 Å². The van der Waals surface area contributed by atoms with E-state index in [0.29, 0.717) is 30.2 Å². The Hall–Kier alpha value is -1.17. The molecule has 1 heterocycles. The van der Waals surface area contributed by atoms with E-state index in [0.717, 1.165) is 19.3 Å². The van der Waals surface area contributed by atoms with E-state index in [-0.39, 0.29) is 36.4 Å². The highest BCUT2D eigenvalue weighted by Crippen LogP contribution is 2.27. The first-order valence-corrected chi connectivity index (χ1v) is 8.46. The van der Waals surface area contributed by atoms with E-state index in [4.69, 9.17) is 21.1 Å². The highest BCUT2D eigenvalue weighted by molar-refractivity contribution is 6.31. The van der Waals surface area contributed by atoms with E-state index < -0.39 is 0 Å². The van der Waals surface area contributed by atoms with E-state index in [9.17, 15) is 9.18 Å². The van der Waals surface area contributed by atoms with Crippen molar-refractivity contribution in [2.75, 3.05) is 13.2 Å². The van der Waals surface area contributed by atoms with Gasteiger partial charge in [-0.2, -0.15) is 0 Å². The first-order valence-electron chi connectivity index (χ1n) is 8.09. The third kappa shape index (κ3) is 4.22. The van der Waals surface area contributed by atoms with E-state index in [2.05, 4.69) is 5.32 Å². The van der Waals surface area contributed by atoms with Gasteiger partial charge in [-0.15, -0.1) is 0 Å². The summed E-state index contributed by atoms with van der Waals surface area (Å²) in [6.07, 6.45) is 3.32. The fourth-order valence-electron chi connectivity index (χ4n) is 3.31. The zero-order chi connectivity index (χ0) is 16.2. The van der Waals surface area contributed by atoms with Gasteiger partial charge in [-0.3, -0.25) is 4.79 Å². The van der Waals surface area contributed by atoms with E-state index >= 15 is 0 Å². The van der Waals surface area contributed by atoms with Gasteiger partial charge in [0.25, 0.3) is 0 Å². The minimum atomic E-state index is -0.362. The van der Waals surface area contributed by atoms with Crippen molar-refractivity contribution < 1.29 is 18.7 Å². The van der Waals surface area contributed by atoms with Crippen molar-refractivity contribution in [2.24, 2.45) is 0 Å². The van der Waals surface area contributed by atoms with Crippen LogP contribution in [0.15, 0.2) is 18.2 Å². The predicted molar refractivity (Wildman–Crippen MR) is 85.0 cm³/mol. The Morgan fingerprint density at radius 2 is 2.04 bits per heavy atom. The molecule has 0 bridgehead atoms. The Kier molecular flexibility index (Phi) is 5.51. The second kappa shape index (κ2) is 7.60. The number of benzene rings is 1. The van der Waals surface area contributed by atoms with Gasteiger partial charge in [0, 0.05) is 23.0 Å². The van der Waals surface area contributed by atoms with Gasteiger partial charge in [-0.05, 0) is 37.8 Å². The number of nitrogens with one attached hydrogen (secondary N) is 1. The van der Waals surface area contributed by atoms with Gasteiger partial charge in [0.05, 0.1) is 25.4 Å². The summed E-state index contributed by atoms with van der Waals surface area (Å²) in [6.45, 7) is 1.27. The number of rotatable bonds is 4. The molecule has 0 spiro atoms. The number of halogens is 2. The molecule has 23 heavy (non-hydrogen) atoms. The van der Waals surface area contributed by atoms with Gasteiger partial charge < -0.3 is 14.8 Å². The number of carbonyl (C=O) groups excluding carboxylic acids is 1. The monoisotopic (exact) mass is 341 g/mol. The molecular formula is C17H21ClFNO3. The van der Waals surface area contributed by atoms with Crippen LogP contribution in [0.1, 0.15) is 31.2 Å². The lowest BCUT2D eigenvalue weighted by Crippen LogP contribution is -2.49. The average molecular weight is 342 g/mol. The molecule has 1 aromatic carbocycles. The average Bonchev–Trinajstić information content (AvgIpc) is 2.54. The van der Waals surface area contributed by atoms with Crippen molar-refractivity contribution in [1.29, 1.82) is 0 Å². The second-order valence-electron chi connectivity index (χ2n) is 6.10. The summed E-state index contributed by atoms with van der Waals surface area (Å²) in [7, 11) is 0. The molecular weight excluding hydrogens is 321 g/mol. The lowest BCUT2D eigenvalue weighted by atomic mass is 9.89. The fraction of sp³-hybridized carbons (Fsp3) is 0.588. The van der Waals surface area contributed by atoms with Crippen molar-refractivity contribution in [2.45, 2.75) is 50.4 Å². The fourth-order valence-corrected chi connectivity index (χ4v) is 3.56. The molecule has 1 N–H and O–H groups in total. The molecule has 3 rings (SSSR count). The zero-order valence-corrected chi connectivity index (χ0v) is 13.7. The molecule has 6 heteroatoms. The van der Waals surface area contributed by atoms with Gasteiger partial charge in [-0.25, -0.2) is 4.39 Å². The molecule has 1 saturated heterocycles. The number of fused-ring (bicyclic) bond motifs is 1. The van der Waals surface area contributed by atoms with Crippen molar-refractivity contribution in [1.82, 2.24) is 5.32 Å². The molecule has 0 aromatic heterocycles. The Morgan fingerprint density at radius 1 is 1.26 bits per heavy atom. The van der Waals surface area contributed by atoms with Crippen LogP contribution in [0.2, 0.25) is 5.02 Å². The first kappa shape index (κ1) is 16.7. The van der Waals surface area contributed by atoms with Crippen molar-refractivity contribution >= 4 is 17.5 Å². The van der Waals surface area contributed by atoms with Crippen LogP contribution in [0.3, 0.4) is 0 Å². The molecule has 1 aliphatic carbocycles. The van der Waals surface area contributed by atoms with E-state index in [1.54, 1.807) is 12.1 Å². The topological polar surface area (TPSA) is 47.6 Å². The minimum Gasteiger partial charge on any atom is -0.373 e. The molecule has 3 atom stereocenters. The van der Waals surface area contributed by atoms with E-state index in [1.807, 2.05) is 0 Å². The Bertz CT molecular complexity index is 549. The minimum absolute atomic E-state index is 0.0730. The van der Waals surface area contributed by atoms with Crippen LogP contribution >= 0.6 is 11.6 Å². The smallest absolute Gasteiger partial charge is 0.220 e. The molecule has 1 amide bonds. The van der Waals surface area contributed by atoms with Gasteiger partial charge in [0.15, 0.2) is 0 Å². The van der Waals surface area contributed by atoms with Crippen LogP contribution in [-0.4, -0.2) is 37.4 Å². The summed E-state index contributed by atoms with van der Waals surface area (Å²) in [5.41, 5.74) is 0.400. The van der Waals surface area contributed by atoms with E-state index in [1.165, 1.54) is 6.07 Å². The highest BCUT2D eigenvalue weighted by Gasteiger charge is 2.34. The van der Waals surface area contributed by atoms with Crippen molar-refractivity contribution in [3.8, 4) is 0 Å². The summed E-state index contributed by atoms with van der Waals surface area (Å²) in [4.78, 5) is 12.1. The standard InChI is InChI=1S/C17H21ClFNO3/c18-13-2-1-3-14(19)12(13)5-7-17(21)20-11-4-6-15-16(10-11)23-9-8-22-15/h1-3,11,15-16H,4-10H2,(H,20,21)/t11-,15-,16-/m1/s1. The lowest BCUT2D eigenvalue weighted by molar-refractivity contribution is -0.158. The molecule has 1 saturated carbocycles. The van der Waals surface area contributed by atoms with Gasteiger partial charge in [0.2, 0.25) is 5.91 Å². The Labute approximate surface area is 140 Å². The summed E-state index contributed by atoms with van der Waals surface area (Å²) in [5, 5.41) is 3.39. The van der Waals surface area contributed by atoms with Crippen molar-refractivity contribution in [3.63, 3.8) is 0 Å². The largest absolute Gasteiger partial charge is 0.373 e. The Morgan fingerprint density at radius 3 is 2.83 bits per heavy atom. The summed E-state index contributed by atoms with van der Waals surface area (Å²) < 4.78 is 25.1. The molecule has 0 radical (unpaired) electrons. The third-order valence-corrected chi connectivity index (χ3v) is 4.86. The molecule has 0 unspecified atom stereocenters. The number of amides is 1. The zero-order valence-electron chi connectivity index (χ0n) is 12.9. The molecule has 1 aromatic rings. The predicted octanol–water partition coefficient (Wildman–Crippen LogP) is 2.86. The summed E-state index contributed by atoms with van der Waals surface area (Å²) in [6, 6.07) is 4.66. The molecule has 2 fully saturated rings. The van der Waals surface area contributed by atoms with Crippen LogP contribution in [-0.2, 0) is 20.7 Å². The summed E-state index contributed by atoms with van der Waals surface area (Å²) >= 11 is 5.98. The SMILES string of the molecule is O=C(CCc1c(F)cccc1Cl)N[C@@H]1CC[C@H]2OCCO[C@@H]2C1. The van der Waals surface area contributed by atoms with Crippen LogP contribution in [0, 0.1) is 5.82 Å². The molecule has 4 nitrogen and oxygen atoms in total. The number of ether oxygens (including phenoxy) is 2. The molecule has 1 aliphatic heterocycles. The van der Waals surface area contributed by atoms with Crippen LogP contribution in [0.25, 0.3) is 0 Å². The number of hydrogen-bond acceptors (Lipinski definition) is 3. The first-order chi connectivity index (χ1) is 11.1. The number of carbonyl (C=O) groups is 1. The normalized spacial score (nSPS) is 27.3. The molecule has 126 valence electrons. The van der Waals surface area contributed by atoms with Gasteiger partial charge in [0.1, 0.15) is 5.82 Å². The van der Waals surface area contributed by atoms with Gasteiger partial charge >= 0.3 is 0 Å². The van der Waals surface area contributed by atoms with Crippen LogP contribution < -0.4 is 5.32 Å². The maximum absolute atomic E-state index is 13.7. The Balaban J connectivity index is 1.48. The number of hydrogen-bond donors (Lipinski definition) is 1. The highest BCUT2D eigenvalue weighted by atomic mass is 35.5. The third-order valence-electron chi connectivity index (χ3n) is 4.51. The molecule has 2 aliphatic rings. The summed E-state index contributed by atoms with van der Waals surface area (Å²) in [5.74, 6) is -0.442. The maximum Gasteiger partial charge on any atom is 0.220 e. The van der Waals surface area contributed by atoms with Gasteiger partial charge in [-0.1, -0.05) is 17.7 Å². The lowest BCUT2D eigenvalue weighted by Gasteiger charge is -2.39. The maximum atomic E-state index is 13.7. The second-order valence-corrected chi connectivity index (χ2v) is 6.50. The van der Waals surface area contributed by atoms with Crippen LogP contribution in [0.5, 0.6) is 0 Å². The van der Waals surface area contributed by atoms with Crippen LogP contribution in [0.4, 0.5) is 4.39 Å². The quantitative estimate of drug-likeness (QED) is 0.916.